The number of anilines is 1. The predicted octanol–water partition coefficient (Wildman–Crippen LogP) is 2.73. The summed E-state index contributed by atoms with van der Waals surface area (Å²) in [6.45, 7) is 0.289. The Balaban J connectivity index is 1.46. The van der Waals surface area contributed by atoms with Gasteiger partial charge in [-0.3, -0.25) is 9.36 Å². The Kier molecular flexibility index (Phi) is 4.25. The van der Waals surface area contributed by atoms with Gasteiger partial charge in [0.2, 0.25) is 11.8 Å². The molecule has 8 heteroatoms. The summed E-state index contributed by atoms with van der Waals surface area (Å²) in [6.07, 6.45) is 0. The van der Waals surface area contributed by atoms with Gasteiger partial charge in [-0.05, 0) is 42.0 Å². The molecule has 152 valence electrons. The maximum absolute atomic E-state index is 12.7. The van der Waals surface area contributed by atoms with Gasteiger partial charge in [-0.25, -0.2) is 4.79 Å². The van der Waals surface area contributed by atoms with Gasteiger partial charge in [-0.1, -0.05) is 30.3 Å². The third-order valence-corrected chi connectivity index (χ3v) is 5.12. The van der Waals surface area contributed by atoms with Crippen LogP contribution in [0.1, 0.15) is 15.9 Å². The van der Waals surface area contributed by atoms with Crippen molar-refractivity contribution < 1.29 is 19.8 Å². The Bertz CT molecular complexity index is 1490. The van der Waals surface area contributed by atoms with E-state index in [-0.39, 0.29) is 18.3 Å². The number of nitrogens with one attached hydrogen (secondary N) is 1. The molecule has 0 spiro atoms. The number of urea groups is 1. The molecule has 8 nitrogen and oxygen atoms in total. The molecular formula is C23H16N4O4. The molecule has 0 radical (unpaired) electrons. The van der Waals surface area contributed by atoms with Crippen molar-refractivity contribution in [2.24, 2.45) is 9.98 Å². The number of carbonyl (C=O) groups is 2. The molecule has 2 heterocycles. The van der Waals surface area contributed by atoms with Crippen LogP contribution in [0.5, 0.6) is 11.8 Å². The van der Waals surface area contributed by atoms with E-state index in [9.17, 15) is 19.8 Å². The number of nitrogens with zero attached hydrogens (tertiary/aromatic N) is 3. The molecule has 3 amide bonds. The van der Waals surface area contributed by atoms with E-state index in [1.807, 2.05) is 30.3 Å². The van der Waals surface area contributed by atoms with Crippen LogP contribution in [0.3, 0.4) is 0 Å². The fourth-order valence-electron chi connectivity index (χ4n) is 3.59. The first kappa shape index (κ1) is 18.6. The fraction of sp³-hybridized carbons (Fsp3) is 0.0435. The summed E-state index contributed by atoms with van der Waals surface area (Å²) in [5.74, 6) is -0.600. The molecule has 0 atom stereocenters. The average molecular weight is 412 g/mol. The highest BCUT2D eigenvalue weighted by Gasteiger charge is 2.18. The van der Waals surface area contributed by atoms with Gasteiger partial charge in [0.1, 0.15) is 0 Å². The maximum Gasteiger partial charge on any atom is 0.368 e. The van der Waals surface area contributed by atoms with Gasteiger partial charge in [0.25, 0.3) is 5.91 Å². The van der Waals surface area contributed by atoms with Crippen LogP contribution in [0.25, 0.3) is 10.8 Å². The summed E-state index contributed by atoms with van der Waals surface area (Å²) in [5.41, 5.74) is 1.68. The molecule has 3 N–H and O–H groups in total. The van der Waals surface area contributed by atoms with E-state index in [1.165, 1.54) is 10.6 Å². The minimum absolute atomic E-state index is 0.0723. The van der Waals surface area contributed by atoms with E-state index in [0.29, 0.717) is 32.7 Å². The summed E-state index contributed by atoms with van der Waals surface area (Å²) in [4.78, 5) is 31.5. The number of hydrogen-bond acceptors (Lipinski definition) is 4. The molecule has 4 aromatic rings. The largest absolute Gasteiger partial charge is 0.494 e. The monoisotopic (exact) mass is 412 g/mol. The lowest BCUT2D eigenvalue weighted by molar-refractivity contribution is 0.102. The lowest BCUT2D eigenvalue weighted by atomic mass is 10.1. The third-order valence-electron chi connectivity index (χ3n) is 5.12. The van der Waals surface area contributed by atoms with Crippen LogP contribution in [0.4, 0.5) is 10.5 Å². The molecule has 1 aliphatic rings. The molecule has 0 aliphatic carbocycles. The number of hydrogen-bond donors (Lipinski definition) is 3. The molecule has 1 aliphatic heterocycles. The van der Waals surface area contributed by atoms with Crippen molar-refractivity contribution in [1.82, 2.24) is 4.57 Å². The van der Waals surface area contributed by atoms with E-state index in [4.69, 9.17) is 0 Å². The standard InChI is InChI=1S/C23H16N4O4/c28-20(24-15-7-9-18-19(11-15)26-23(31)25-18)14-6-8-16-17(10-14)22(30)27(21(16)29)12-13-4-2-1-3-5-13/h1-11,29-30H,12H2,(H,24,28). The number of carbonyl (C=O) groups excluding carboxylic acids is 2. The minimum atomic E-state index is -0.570. The zero-order valence-electron chi connectivity index (χ0n) is 16.1. The van der Waals surface area contributed by atoms with Gasteiger partial charge in [-0.15, -0.1) is 0 Å². The van der Waals surface area contributed by atoms with Crippen LogP contribution in [0.15, 0.2) is 76.7 Å². The van der Waals surface area contributed by atoms with Crippen molar-refractivity contribution in [2.75, 3.05) is 5.32 Å². The van der Waals surface area contributed by atoms with Crippen molar-refractivity contribution in [2.45, 2.75) is 6.54 Å². The normalized spacial score (nSPS) is 12.3. The topological polar surface area (TPSA) is 116 Å². The second-order valence-corrected chi connectivity index (χ2v) is 7.14. The number of rotatable bonds is 4. The van der Waals surface area contributed by atoms with Crippen LogP contribution >= 0.6 is 0 Å². The minimum Gasteiger partial charge on any atom is -0.494 e. The zero-order valence-corrected chi connectivity index (χ0v) is 16.1. The molecule has 0 fully saturated rings. The first-order chi connectivity index (χ1) is 15.0. The Morgan fingerprint density at radius 2 is 1.61 bits per heavy atom. The van der Waals surface area contributed by atoms with E-state index >= 15 is 0 Å². The van der Waals surface area contributed by atoms with Gasteiger partial charge >= 0.3 is 6.03 Å². The highest BCUT2D eigenvalue weighted by Crippen LogP contribution is 2.37. The number of fused-ring (bicyclic) bond motifs is 2. The molecule has 5 rings (SSSR count). The van der Waals surface area contributed by atoms with E-state index in [0.717, 1.165) is 5.56 Å². The van der Waals surface area contributed by atoms with Crippen LogP contribution in [-0.2, 0) is 6.54 Å². The Morgan fingerprint density at radius 3 is 2.42 bits per heavy atom. The van der Waals surface area contributed by atoms with Crippen molar-refractivity contribution in [1.29, 1.82) is 0 Å². The SMILES string of the molecule is O=C1N=c2ccc(NC(=O)c3ccc4c(O)n(Cc5ccccc5)c(O)c4c3)cc2=N1. The van der Waals surface area contributed by atoms with Crippen LogP contribution in [0.2, 0.25) is 0 Å². The van der Waals surface area contributed by atoms with E-state index in [2.05, 4.69) is 15.3 Å². The Morgan fingerprint density at radius 1 is 0.871 bits per heavy atom. The smallest absolute Gasteiger partial charge is 0.368 e. The summed E-state index contributed by atoms with van der Waals surface area (Å²) in [5, 5.41) is 25.7. The van der Waals surface area contributed by atoms with Crippen molar-refractivity contribution in [3.63, 3.8) is 0 Å². The zero-order chi connectivity index (χ0) is 21.5. The van der Waals surface area contributed by atoms with Crippen molar-refractivity contribution >= 4 is 28.4 Å². The highest BCUT2D eigenvalue weighted by molar-refractivity contribution is 6.07. The average Bonchev–Trinajstić information content (AvgIpc) is 3.26. The Labute approximate surface area is 175 Å². The van der Waals surface area contributed by atoms with Crippen molar-refractivity contribution in [3.8, 4) is 11.8 Å². The summed E-state index contributed by atoms with van der Waals surface area (Å²) in [7, 11) is 0. The highest BCUT2D eigenvalue weighted by atomic mass is 16.3. The molecule has 31 heavy (non-hydrogen) atoms. The van der Waals surface area contributed by atoms with Gasteiger partial charge in [0.15, 0.2) is 0 Å². The van der Waals surface area contributed by atoms with Gasteiger partial charge in [0, 0.05) is 22.0 Å². The lowest BCUT2D eigenvalue weighted by Crippen LogP contribution is -2.22. The second-order valence-electron chi connectivity index (χ2n) is 7.14. The molecule has 0 saturated carbocycles. The van der Waals surface area contributed by atoms with Crippen molar-refractivity contribution in [3.05, 3.63) is 88.6 Å². The molecule has 1 aromatic heterocycles. The van der Waals surface area contributed by atoms with E-state index in [1.54, 1.807) is 30.3 Å². The van der Waals surface area contributed by atoms with Gasteiger partial charge in [0.05, 0.1) is 17.3 Å². The summed E-state index contributed by atoms with van der Waals surface area (Å²) >= 11 is 0. The second kappa shape index (κ2) is 7.10. The first-order valence-electron chi connectivity index (χ1n) is 9.50. The van der Waals surface area contributed by atoms with Crippen LogP contribution in [0, 0.1) is 0 Å². The molecule has 0 bridgehead atoms. The lowest BCUT2D eigenvalue weighted by Gasteiger charge is -2.06. The number of aromatic nitrogens is 1. The number of amides is 3. The molecule has 0 saturated heterocycles. The van der Waals surface area contributed by atoms with E-state index < -0.39 is 11.9 Å². The maximum atomic E-state index is 12.7. The Hall–Kier alpha value is -4.46. The van der Waals surface area contributed by atoms with Crippen LogP contribution in [-0.4, -0.2) is 26.7 Å². The van der Waals surface area contributed by atoms with Crippen LogP contribution < -0.4 is 16.0 Å². The molecular weight excluding hydrogens is 396 g/mol. The number of benzene rings is 3. The summed E-state index contributed by atoms with van der Waals surface area (Å²) < 4.78 is 1.39. The summed E-state index contributed by atoms with van der Waals surface area (Å²) in [6, 6.07) is 18.4. The fourth-order valence-corrected chi connectivity index (χ4v) is 3.59. The van der Waals surface area contributed by atoms with Gasteiger partial charge < -0.3 is 15.5 Å². The third kappa shape index (κ3) is 3.29. The van der Waals surface area contributed by atoms with Gasteiger partial charge in [-0.2, -0.15) is 9.98 Å². The molecule has 0 unspecified atom stereocenters. The number of aromatic hydroxyl groups is 2. The first-order valence-corrected chi connectivity index (χ1v) is 9.50. The predicted molar refractivity (Wildman–Crippen MR) is 113 cm³/mol. The molecule has 3 aromatic carbocycles. The quantitative estimate of drug-likeness (QED) is 0.478.